The molecule has 0 saturated heterocycles. The molecule has 27 heavy (non-hydrogen) atoms. The Morgan fingerprint density at radius 3 is 2.37 bits per heavy atom. The number of hydrogen-bond acceptors (Lipinski definition) is 6. The Morgan fingerprint density at radius 2 is 1.74 bits per heavy atom. The maximum atomic E-state index is 11.7. The Bertz CT molecular complexity index is 913. The number of aromatic nitrogens is 2. The highest BCUT2D eigenvalue weighted by atomic mass is 16.6. The minimum Gasteiger partial charge on any atom is -0.349 e. The zero-order valence-electron chi connectivity index (χ0n) is 15.3. The van der Waals surface area contributed by atoms with E-state index in [4.69, 9.17) is 0 Å². The van der Waals surface area contributed by atoms with Gasteiger partial charge in [0.05, 0.1) is 4.92 Å². The van der Waals surface area contributed by atoms with E-state index in [1.807, 2.05) is 54.6 Å². The lowest BCUT2D eigenvalue weighted by molar-refractivity contribution is -0.383. The van der Waals surface area contributed by atoms with Crippen molar-refractivity contribution in [2.45, 2.75) is 19.9 Å². The van der Waals surface area contributed by atoms with Crippen LogP contribution in [-0.4, -0.2) is 21.9 Å². The summed E-state index contributed by atoms with van der Waals surface area (Å²) in [5, 5.41) is 14.8. The van der Waals surface area contributed by atoms with Gasteiger partial charge in [-0.05, 0) is 29.7 Å². The molecular formula is C20H21N5O2. The summed E-state index contributed by atoms with van der Waals surface area (Å²) in [5.74, 6) is 0.445. The largest absolute Gasteiger partial charge is 0.353 e. The van der Waals surface area contributed by atoms with E-state index < -0.39 is 4.92 Å². The number of nitrogens with one attached hydrogen (secondary N) is 1. The van der Waals surface area contributed by atoms with Gasteiger partial charge in [-0.25, -0.2) is 9.97 Å². The number of aryl methyl sites for hydroxylation is 1. The summed E-state index contributed by atoms with van der Waals surface area (Å²) in [6.45, 7) is 2.58. The predicted molar refractivity (Wildman–Crippen MR) is 106 cm³/mol. The van der Waals surface area contributed by atoms with Crippen LogP contribution in [0.1, 0.15) is 18.1 Å². The lowest BCUT2D eigenvalue weighted by atomic mass is 10.1. The maximum Gasteiger partial charge on any atom is 0.353 e. The molecule has 0 aliphatic rings. The Labute approximate surface area is 157 Å². The summed E-state index contributed by atoms with van der Waals surface area (Å²) in [7, 11) is 1.78. The predicted octanol–water partition coefficient (Wildman–Crippen LogP) is 4.33. The number of nitro groups is 1. The van der Waals surface area contributed by atoms with Crippen molar-refractivity contribution in [3.05, 3.63) is 82.2 Å². The van der Waals surface area contributed by atoms with Crippen LogP contribution in [0.5, 0.6) is 0 Å². The standard InChI is InChI=1S/C20H21N5O2/c1-3-15-9-11-17(12-10-15)23-19-18(25(26)27)20(22-14-21-19)24(2)13-16-7-5-4-6-8-16/h4-12,14H,3,13H2,1-2H3,(H,21,22,23). The molecule has 7 heteroatoms. The summed E-state index contributed by atoms with van der Waals surface area (Å²) < 4.78 is 0. The fourth-order valence-corrected chi connectivity index (χ4v) is 2.80. The topological polar surface area (TPSA) is 84.2 Å². The molecule has 0 amide bonds. The van der Waals surface area contributed by atoms with Crippen molar-refractivity contribution in [3.8, 4) is 0 Å². The fourth-order valence-electron chi connectivity index (χ4n) is 2.80. The summed E-state index contributed by atoms with van der Waals surface area (Å²) in [4.78, 5) is 21.3. The SMILES string of the molecule is CCc1ccc(Nc2ncnc(N(C)Cc3ccccc3)c2[N+](=O)[O-])cc1. The highest BCUT2D eigenvalue weighted by molar-refractivity contribution is 5.74. The highest BCUT2D eigenvalue weighted by Crippen LogP contribution is 2.33. The molecule has 1 aromatic heterocycles. The van der Waals surface area contributed by atoms with Crippen LogP contribution in [0.15, 0.2) is 60.9 Å². The first-order valence-electron chi connectivity index (χ1n) is 8.69. The van der Waals surface area contributed by atoms with Gasteiger partial charge >= 0.3 is 5.69 Å². The number of anilines is 3. The number of benzene rings is 2. The fraction of sp³-hybridized carbons (Fsp3) is 0.200. The first-order valence-corrected chi connectivity index (χ1v) is 8.69. The van der Waals surface area contributed by atoms with E-state index in [9.17, 15) is 10.1 Å². The minimum absolute atomic E-state index is 0.143. The Kier molecular flexibility index (Phi) is 5.61. The van der Waals surface area contributed by atoms with E-state index in [1.165, 1.54) is 11.9 Å². The summed E-state index contributed by atoms with van der Waals surface area (Å²) in [6.07, 6.45) is 2.27. The molecule has 0 unspecified atom stereocenters. The second-order valence-corrected chi connectivity index (χ2v) is 6.17. The van der Waals surface area contributed by atoms with Crippen molar-refractivity contribution >= 4 is 23.0 Å². The van der Waals surface area contributed by atoms with Crippen LogP contribution in [0.2, 0.25) is 0 Å². The first kappa shape index (κ1) is 18.3. The third kappa shape index (κ3) is 4.38. The first-order chi connectivity index (χ1) is 13.1. The van der Waals surface area contributed by atoms with Crippen molar-refractivity contribution in [1.82, 2.24) is 9.97 Å². The van der Waals surface area contributed by atoms with Crippen LogP contribution in [0.25, 0.3) is 0 Å². The molecule has 0 spiro atoms. The van der Waals surface area contributed by atoms with E-state index >= 15 is 0 Å². The minimum atomic E-state index is -0.445. The van der Waals surface area contributed by atoms with Crippen LogP contribution < -0.4 is 10.2 Å². The zero-order chi connectivity index (χ0) is 19.2. The Hall–Kier alpha value is -3.48. The van der Waals surface area contributed by atoms with Crippen molar-refractivity contribution in [3.63, 3.8) is 0 Å². The van der Waals surface area contributed by atoms with Crippen LogP contribution in [0.3, 0.4) is 0 Å². The van der Waals surface area contributed by atoms with Crippen LogP contribution in [-0.2, 0) is 13.0 Å². The molecule has 0 aliphatic heterocycles. The van der Waals surface area contributed by atoms with E-state index in [-0.39, 0.29) is 17.3 Å². The molecule has 7 nitrogen and oxygen atoms in total. The van der Waals surface area contributed by atoms with Gasteiger partial charge in [0.1, 0.15) is 6.33 Å². The third-order valence-electron chi connectivity index (χ3n) is 4.23. The highest BCUT2D eigenvalue weighted by Gasteiger charge is 2.25. The molecule has 0 aliphatic carbocycles. The smallest absolute Gasteiger partial charge is 0.349 e. The van der Waals surface area contributed by atoms with E-state index in [1.54, 1.807) is 11.9 Å². The van der Waals surface area contributed by atoms with Gasteiger partial charge in [0.25, 0.3) is 0 Å². The molecule has 0 atom stereocenters. The van der Waals surface area contributed by atoms with Crippen molar-refractivity contribution in [2.75, 3.05) is 17.3 Å². The summed E-state index contributed by atoms with van der Waals surface area (Å²) in [5.41, 5.74) is 2.83. The van der Waals surface area contributed by atoms with Crippen molar-refractivity contribution in [1.29, 1.82) is 0 Å². The molecule has 138 valence electrons. The average molecular weight is 363 g/mol. The second-order valence-electron chi connectivity index (χ2n) is 6.17. The Morgan fingerprint density at radius 1 is 1.04 bits per heavy atom. The molecule has 2 aromatic carbocycles. The van der Waals surface area contributed by atoms with Gasteiger partial charge < -0.3 is 10.2 Å². The normalized spacial score (nSPS) is 10.4. The van der Waals surface area contributed by atoms with E-state index in [2.05, 4.69) is 22.2 Å². The lowest BCUT2D eigenvalue weighted by Crippen LogP contribution is -2.20. The Balaban J connectivity index is 1.90. The summed E-state index contributed by atoms with van der Waals surface area (Å²) >= 11 is 0. The molecule has 1 heterocycles. The second kappa shape index (κ2) is 8.27. The van der Waals surface area contributed by atoms with E-state index in [0.29, 0.717) is 6.54 Å². The average Bonchev–Trinajstić information content (AvgIpc) is 2.69. The number of rotatable bonds is 7. The number of hydrogen-bond donors (Lipinski definition) is 1. The van der Waals surface area contributed by atoms with Crippen molar-refractivity contribution < 1.29 is 4.92 Å². The lowest BCUT2D eigenvalue weighted by Gasteiger charge is -2.19. The van der Waals surface area contributed by atoms with Gasteiger partial charge in [0.2, 0.25) is 11.6 Å². The van der Waals surface area contributed by atoms with Crippen LogP contribution >= 0.6 is 0 Å². The van der Waals surface area contributed by atoms with Gasteiger partial charge in [0.15, 0.2) is 0 Å². The molecule has 1 N–H and O–H groups in total. The van der Waals surface area contributed by atoms with Gasteiger partial charge in [0, 0.05) is 19.3 Å². The molecule has 0 fully saturated rings. The van der Waals surface area contributed by atoms with Gasteiger partial charge in [-0.2, -0.15) is 0 Å². The molecule has 3 aromatic rings. The quantitative estimate of drug-likeness (QED) is 0.497. The zero-order valence-corrected chi connectivity index (χ0v) is 15.3. The van der Waals surface area contributed by atoms with Crippen LogP contribution in [0, 0.1) is 10.1 Å². The van der Waals surface area contributed by atoms with Gasteiger partial charge in [-0.1, -0.05) is 49.4 Å². The summed E-state index contributed by atoms with van der Waals surface area (Å²) in [6, 6.07) is 17.5. The molecular weight excluding hydrogens is 342 g/mol. The van der Waals surface area contributed by atoms with Crippen LogP contribution in [0.4, 0.5) is 23.0 Å². The van der Waals surface area contributed by atoms with Gasteiger partial charge in [-0.3, -0.25) is 10.1 Å². The third-order valence-corrected chi connectivity index (χ3v) is 4.23. The van der Waals surface area contributed by atoms with E-state index in [0.717, 1.165) is 17.7 Å². The molecule has 0 saturated carbocycles. The molecule has 3 rings (SSSR count). The van der Waals surface area contributed by atoms with Crippen molar-refractivity contribution in [2.24, 2.45) is 0 Å². The molecule has 0 bridgehead atoms. The van der Waals surface area contributed by atoms with Gasteiger partial charge in [-0.15, -0.1) is 0 Å². The monoisotopic (exact) mass is 363 g/mol. The number of nitrogens with zero attached hydrogens (tertiary/aromatic N) is 4. The molecule has 0 radical (unpaired) electrons. The maximum absolute atomic E-state index is 11.7.